The number of ether oxygens (including phenoxy) is 1. The van der Waals surface area contributed by atoms with Gasteiger partial charge in [-0.3, -0.25) is 9.59 Å². The number of hydrogen-bond acceptors (Lipinski definition) is 4. The van der Waals surface area contributed by atoms with Crippen molar-refractivity contribution in [2.24, 2.45) is 0 Å². The highest BCUT2D eigenvalue weighted by molar-refractivity contribution is 6.39. The summed E-state index contributed by atoms with van der Waals surface area (Å²) in [5, 5.41) is 0.239. The molecule has 1 aliphatic carbocycles. The Hall–Kier alpha value is -3.24. The molecule has 0 unspecified atom stereocenters. The molecule has 4 nitrogen and oxygen atoms in total. The van der Waals surface area contributed by atoms with Crippen molar-refractivity contribution in [3.63, 3.8) is 0 Å². The van der Waals surface area contributed by atoms with Gasteiger partial charge in [0.15, 0.2) is 11.6 Å². The molecule has 0 N–H and O–H groups in total. The molecule has 0 spiro atoms. The van der Waals surface area contributed by atoms with Crippen LogP contribution >= 0.6 is 11.6 Å². The van der Waals surface area contributed by atoms with Crippen LogP contribution in [0.5, 0.6) is 0 Å². The number of rotatable bonds is 3. The summed E-state index contributed by atoms with van der Waals surface area (Å²) in [4.78, 5) is 37.9. The fraction of sp³-hybridized carbons (Fsp3) is 0.0455. The van der Waals surface area contributed by atoms with Gasteiger partial charge in [-0.2, -0.15) is 0 Å². The van der Waals surface area contributed by atoms with E-state index in [9.17, 15) is 14.4 Å². The average molecular weight is 377 g/mol. The first kappa shape index (κ1) is 17.2. The number of ketones is 2. The maximum absolute atomic E-state index is 12.8. The summed E-state index contributed by atoms with van der Waals surface area (Å²) in [6, 6.07) is 18.4. The Kier molecular flexibility index (Phi) is 4.34. The zero-order valence-electron chi connectivity index (χ0n) is 14.1. The summed E-state index contributed by atoms with van der Waals surface area (Å²) in [6.07, 6.45) is 0. The maximum atomic E-state index is 12.8. The molecular formula is C22H13ClO4. The van der Waals surface area contributed by atoms with Gasteiger partial charge in [0, 0.05) is 16.7 Å². The van der Waals surface area contributed by atoms with E-state index in [-0.39, 0.29) is 51.0 Å². The molecule has 0 aromatic heterocycles. The second kappa shape index (κ2) is 6.82. The minimum absolute atomic E-state index is 0.127. The molecule has 3 aromatic rings. The fourth-order valence-electron chi connectivity index (χ4n) is 3.09. The van der Waals surface area contributed by atoms with Gasteiger partial charge in [-0.15, -0.1) is 0 Å². The molecular weight excluding hydrogens is 364 g/mol. The lowest BCUT2D eigenvalue weighted by Gasteiger charge is -2.18. The van der Waals surface area contributed by atoms with Gasteiger partial charge in [0.2, 0.25) is 0 Å². The van der Waals surface area contributed by atoms with E-state index in [0.717, 1.165) is 5.56 Å². The van der Waals surface area contributed by atoms with Crippen LogP contribution in [0.1, 0.15) is 47.8 Å². The van der Waals surface area contributed by atoms with Crippen molar-refractivity contribution >= 4 is 29.1 Å². The van der Waals surface area contributed by atoms with E-state index in [1.807, 2.05) is 30.3 Å². The molecule has 27 heavy (non-hydrogen) atoms. The molecule has 0 heterocycles. The number of hydrogen-bond donors (Lipinski definition) is 0. The third kappa shape index (κ3) is 3.04. The van der Waals surface area contributed by atoms with Gasteiger partial charge in [-0.25, -0.2) is 4.79 Å². The number of benzene rings is 3. The van der Waals surface area contributed by atoms with E-state index >= 15 is 0 Å². The number of fused-ring (bicyclic) bond motifs is 2. The van der Waals surface area contributed by atoms with E-state index in [4.69, 9.17) is 16.3 Å². The molecule has 5 heteroatoms. The van der Waals surface area contributed by atoms with Gasteiger partial charge >= 0.3 is 5.97 Å². The van der Waals surface area contributed by atoms with Crippen LogP contribution in [-0.2, 0) is 11.3 Å². The van der Waals surface area contributed by atoms with E-state index in [1.165, 1.54) is 18.2 Å². The molecule has 0 saturated heterocycles. The second-order valence-electron chi connectivity index (χ2n) is 6.14. The number of esters is 1. The largest absolute Gasteiger partial charge is 0.457 e. The summed E-state index contributed by atoms with van der Waals surface area (Å²) in [6.45, 7) is 0.127. The lowest BCUT2D eigenvalue weighted by Crippen LogP contribution is -2.22. The van der Waals surface area contributed by atoms with E-state index in [1.54, 1.807) is 18.2 Å². The summed E-state index contributed by atoms with van der Waals surface area (Å²) in [7, 11) is 0. The topological polar surface area (TPSA) is 60.4 Å². The Balaban J connectivity index is 1.64. The maximum Gasteiger partial charge on any atom is 0.338 e. The van der Waals surface area contributed by atoms with Crippen LogP contribution in [0.2, 0.25) is 5.02 Å². The molecule has 0 bridgehead atoms. The van der Waals surface area contributed by atoms with Crippen molar-refractivity contribution < 1.29 is 19.1 Å². The SMILES string of the molecule is O=C(OCc1ccccc1)c1ccc2c(c1)C(=O)c1cccc(Cl)c1C2=O. The van der Waals surface area contributed by atoms with Gasteiger partial charge in [-0.05, 0) is 29.8 Å². The van der Waals surface area contributed by atoms with E-state index in [0.29, 0.717) is 0 Å². The van der Waals surface area contributed by atoms with Crippen LogP contribution in [0.25, 0.3) is 0 Å². The molecule has 4 rings (SSSR count). The molecule has 132 valence electrons. The Labute approximate surface area is 160 Å². The number of halogens is 1. The average Bonchev–Trinajstić information content (AvgIpc) is 2.70. The third-order valence-corrected chi connectivity index (χ3v) is 4.76. The quantitative estimate of drug-likeness (QED) is 0.495. The van der Waals surface area contributed by atoms with Crippen LogP contribution in [0.15, 0.2) is 66.7 Å². The molecule has 0 atom stereocenters. The predicted octanol–water partition coefficient (Wildman–Crippen LogP) is 4.47. The Morgan fingerprint density at radius 1 is 0.815 bits per heavy atom. The summed E-state index contributed by atoms with van der Waals surface area (Å²) < 4.78 is 5.30. The normalized spacial score (nSPS) is 12.3. The van der Waals surface area contributed by atoms with E-state index < -0.39 is 5.97 Å². The first-order valence-corrected chi connectivity index (χ1v) is 8.67. The zero-order valence-corrected chi connectivity index (χ0v) is 14.8. The minimum Gasteiger partial charge on any atom is -0.457 e. The van der Waals surface area contributed by atoms with Crippen LogP contribution < -0.4 is 0 Å². The Morgan fingerprint density at radius 2 is 1.59 bits per heavy atom. The van der Waals surface area contributed by atoms with Gasteiger partial charge in [-0.1, -0.05) is 54.1 Å². The van der Waals surface area contributed by atoms with Crippen LogP contribution in [0.4, 0.5) is 0 Å². The van der Waals surface area contributed by atoms with Crippen LogP contribution in [0, 0.1) is 0 Å². The van der Waals surface area contributed by atoms with Crippen molar-refractivity contribution in [3.8, 4) is 0 Å². The van der Waals surface area contributed by atoms with Crippen molar-refractivity contribution in [1.82, 2.24) is 0 Å². The molecule has 0 amide bonds. The molecule has 3 aromatic carbocycles. The van der Waals surface area contributed by atoms with Crippen LogP contribution in [-0.4, -0.2) is 17.5 Å². The lowest BCUT2D eigenvalue weighted by atomic mass is 9.83. The molecule has 0 saturated carbocycles. The summed E-state index contributed by atoms with van der Waals surface area (Å²) in [5.41, 5.74) is 1.95. The fourth-order valence-corrected chi connectivity index (χ4v) is 3.35. The Bertz CT molecular complexity index is 1090. The summed E-state index contributed by atoms with van der Waals surface area (Å²) in [5.74, 6) is -1.21. The van der Waals surface area contributed by atoms with Gasteiger partial charge in [0.25, 0.3) is 0 Å². The van der Waals surface area contributed by atoms with Gasteiger partial charge in [0.1, 0.15) is 6.61 Å². The minimum atomic E-state index is -0.557. The molecule has 1 aliphatic rings. The second-order valence-corrected chi connectivity index (χ2v) is 6.55. The van der Waals surface area contributed by atoms with E-state index in [2.05, 4.69) is 0 Å². The molecule has 0 radical (unpaired) electrons. The Morgan fingerprint density at radius 3 is 2.37 bits per heavy atom. The third-order valence-electron chi connectivity index (χ3n) is 4.44. The molecule has 0 fully saturated rings. The van der Waals surface area contributed by atoms with Crippen LogP contribution in [0.3, 0.4) is 0 Å². The lowest BCUT2D eigenvalue weighted by molar-refractivity contribution is 0.0472. The summed E-state index contributed by atoms with van der Waals surface area (Å²) >= 11 is 6.10. The monoisotopic (exact) mass is 376 g/mol. The van der Waals surface area contributed by atoms with Crippen molar-refractivity contribution in [2.75, 3.05) is 0 Å². The highest BCUT2D eigenvalue weighted by atomic mass is 35.5. The highest BCUT2D eigenvalue weighted by Gasteiger charge is 2.32. The molecule has 0 aliphatic heterocycles. The van der Waals surface area contributed by atoms with Gasteiger partial charge < -0.3 is 4.74 Å². The van der Waals surface area contributed by atoms with Gasteiger partial charge in [0.05, 0.1) is 16.1 Å². The van der Waals surface area contributed by atoms with Crippen molar-refractivity contribution in [2.45, 2.75) is 6.61 Å². The number of carbonyl (C=O) groups is 3. The predicted molar refractivity (Wildman–Crippen MR) is 100 cm³/mol. The van der Waals surface area contributed by atoms with Crippen molar-refractivity contribution in [3.05, 3.63) is 105 Å². The van der Waals surface area contributed by atoms with Crippen molar-refractivity contribution in [1.29, 1.82) is 0 Å². The smallest absolute Gasteiger partial charge is 0.338 e. The first-order valence-electron chi connectivity index (χ1n) is 8.29. The zero-order chi connectivity index (χ0) is 19.0. The first-order chi connectivity index (χ1) is 13.1. The standard InChI is InChI=1S/C22H13ClO4/c23-18-8-4-7-16-19(18)21(25)15-10-9-14(11-17(15)20(16)24)22(26)27-12-13-5-2-1-3-6-13/h1-11H,12H2. The highest BCUT2D eigenvalue weighted by Crippen LogP contribution is 2.32. The number of carbonyl (C=O) groups excluding carboxylic acids is 3.